The Balaban J connectivity index is 1.96. The van der Waals surface area contributed by atoms with E-state index in [-0.39, 0.29) is 6.04 Å². The van der Waals surface area contributed by atoms with E-state index in [1.165, 1.54) is 22.3 Å². The first kappa shape index (κ1) is 13.5. The molecule has 0 aliphatic carbocycles. The summed E-state index contributed by atoms with van der Waals surface area (Å²) in [4.78, 5) is 0. The number of nitrogens with one attached hydrogen (secondary N) is 1. The zero-order valence-corrected chi connectivity index (χ0v) is 13.5. The van der Waals surface area contributed by atoms with E-state index < -0.39 is 0 Å². The van der Waals surface area contributed by atoms with Gasteiger partial charge in [0.15, 0.2) is 0 Å². The molecule has 1 aliphatic rings. The Kier molecular flexibility index (Phi) is 3.47. The maximum atomic E-state index is 5.89. The number of benzene rings is 2. The van der Waals surface area contributed by atoms with Crippen molar-refractivity contribution in [3.63, 3.8) is 0 Å². The van der Waals surface area contributed by atoms with Gasteiger partial charge in [-0.3, -0.25) is 0 Å². The van der Waals surface area contributed by atoms with Crippen molar-refractivity contribution in [2.24, 2.45) is 0 Å². The molecule has 1 unspecified atom stereocenters. The molecule has 0 radical (unpaired) electrons. The monoisotopic (exact) mass is 331 g/mol. The average Bonchev–Trinajstić information content (AvgIpc) is 2.44. The van der Waals surface area contributed by atoms with Crippen LogP contribution < -0.4 is 10.1 Å². The number of hydrogen-bond acceptors (Lipinski definition) is 2. The maximum Gasteiger partial charge on any atom is 0.142 e. The largest absolute Gasteiger partial charge is 0.489 e. The van der Waals surface area contributed by atoms with Crippen LogP contribution in [-0.2, 0) is 0 Å². The Morgan fingerprint density at radius 1 is 1.10 bits per heavy atom. The van der Waals surface area contributed by atoms with E-state index in [4.69, 9.17) is 4.74 Å². The second-order valence-corrected chi connectivity index (χ2v) is 6.29. The molecule has 1 atom stereocenters. The highest BCUT2D eigenvalue weighted by atomic mass is 79.9. The summed E-state index contributed by atoms with van der Waals surface area (Å²) >= 11 is 3.51. The van der Waals surface area contributed by atoms with Gasteiger partial charge in [-0.2, -0.15) is 0 Å². The smallest absolute Gasteiger partial charge is 0.142 e. The first-order valence-electron chi connectivity index (χ1n) is 6.82. The number of ether oxygens (including phenoxy) is 1. The van der Waals surface area contributed by atoms with Crippen LogP contribution in [0.4, 0.5) is 5.69 Å². The van der Waals surface area contributed by atoms with Crippen molar-refractivity contribution in [3.8, 4) is 5.75 Å². The molecule has 3 rings (SSSR count). The van der Waals surface area contributed by atoms with E-state index >= 15 is 0 Å². The molecule has 0 saturated carbocycles. The van der Waals surface area contributed by atoms with Gasteiger partial charge in [0.2, 0.25) is 0 Å². The minimum atomic E-state index is 0.205. The summed E-state index contributed by atoms with van der Waals surface area (Å²) < 4.78 is 6.95. The van der Waals surface area contributed by atoms with Crippen LogP contribution in [0.3, 0.4) is 0 Å². The molecule has 2 aromatic rings. The van der Waals surface area contributed by atoms with E-state index in [1.807, 2.05) is 12.1 Å². The second-order valence-electron chi connectivity index (χ2n) is 5.37. The molecule has 0 saturated heterocycles. The predicted molar refractivity (Wildman–Crippen MR) is 86.7 cm³/mol. The van der Waals surface area contributed by atoms with Crippen LogP contribution in [0.5, 0.6) is 5.75 Å². The molecule has 1 N–H and O–H groups in total. The minimum Gasteiger partial charge on any atom is -0.489 e. The molecule has 1 aliphatic heterocycles. The number of hydrogen-bond donors (Lipinski definition) is 1. The molecular formula is C17H18BrNO. The van der Waals surface area contributed by atoms with Crippen LogP contribution >= 0.6 is 15.9 Å². The highest BCUT2D eigenvalue weighted by Crippen LogP contribution is 2.36. The van der Waals surface area contributed by atoms with Gasteiger partial charge in [-0.15, -0.1) is 0 Å². The molecule has 0 spiro atoms. The van der Waals surface area contributed by atoms with Gasteiger partial charge in [0, 0.05) is 4.47 Å². The summed E-state index contributed by atoms with van der Waals surface area (Å²) in [5, 5.41) is 3.59. The fourth-order valence-corrected chi connectivity index (χ4v) is 3.03. The standard InChI is InChI=1S/C17H18BrNO/c1-10-4-6-14(12(3)11(10)2)16-9-20-17-7-5-13(18)8-15(17)19-16/h4-8,16,19H,9H2,1-3H3. The number of rotatable bonds is 1. The lowest BCUT2D eigenvalue weighted by Crippen LogP contribution is -2.24. The Hall–Kier alpha value is -1.48. The molecule has 1 heterocycles. The fourth-order valence-electron chi connectivity index (χ4n) is 2.67. The van der Waals surface area contributed by atoms with E-state index in [2.05, 4.69) is 60.2 Å². The first-order chi connectivity index (χ1) is 9.56. The molecule has 20 heavy (non-hydrogen) atoms. The van der Waals surface area contributed by atoms with E-state index in [1.54, 1.807) is 0 Å². The Bertz CT molecular complexity index is 666. The van der Waals surface area contributed by atoms with Crippen LogP contribution in [0.25, 0.3) is 0 Å². The quantitative estimate of drug-likeness (QED) is 0.800. The van der Waals surface area contributed by atoms with Crippen LogP contribution in [0.2, 0.25) is 0 Å². The van der Waals surface area contributed by atoms with Crippen LogP contribution in [-0.4, -0.2) is 6.61 Å². The molecule has 0 bridgehead atoms. The molecule has 0 amide bonds. The average molecular weight is 332 g/mol. The van der Waals surface area contributed by atoms with Gasteiger partial charge in [0.05, 0.1) is 11.7 Å². The third-order valence-corrected chi connectivity index (χ3v) is 4.65. The van der Waals surface area contributed by atoms with Crippen molar-refractivity contribution >= 4 is 21.6 Å². The van der Waals surface area contributed by atoms with Crippen molar-refractivity contribution in [1.29, 1.82) is 0 Å². The van der Waals surface area contributed by atoms with Crippen molar-refractivity contribution in [3.05, 3.63) is 57.1 Å². The lowest BCUT2D eigenvalue weighted by atomic mass is 9.94. The zero-order chi connectivity index (χ0) is 14.3. The summed E-state index contributed by atoms with van der Waals surface area (Å²) in [6.45, 7) is 7.19. The van der Waals surface area contributed by atoms with Gasteiger partial charge in [-0.1, -0.05) is 28.1 Å². The van der Waals surface area contributed by atoms with Gasteiger partial charge in [0.25, 0.3) is 0 Å². The van der Waals surface area contributed by atoms with Crippen molar-refractivity contribution in [2.75, 3.05) is 11.9 Å². The van der Waals surface area contributed by atoms with Gasteiger partial charge < -0.3 is 10.1 Å². The minimum absolute atomic E-state index is 0.205. The topological polar surface area (TPSA) is 21.3 Å². The molecular weight excluding hydrogens is 314 g/mol. The summed E-state index contributed by atoms with van der Waals surface area (Å²) in [6.07, 6.45) is 0. The zero-order valence-electron chi connectivity index (χ0n) is 12.0. The van der Waals surface area contributed by atoms with E-state index in [0.29, 0.717) is 6.61 Å². The molecule has 0 aromatic heterocycles. The molecule has 2 nitrogen and oxygen atoms in total. The lowest BCUT2D eigenvalue weighted by Gasteiger charge is -2.29. The second kappa shape index (κ2) is 5.13. The first-order valence-corrected chi connectivity index (χ1v) is 7.61. The van der Waals surface area contributed by atoms with Gasteiger partial charge in [-0.05, 0) is 61.2 Å². The number of fused-ring (bicyclic) bond motifs is 1. The Morgan fingerprint density at radius 2 is 1.90 bits per heavy atom. The van der Waals surface area contributed by atoms with E-state index in [0.717, 1.165) is 15.9 Å². The summed E-state index contributed by atoms with van der Waals surface area (Å²) in [5.74, 6) is 0.922. The maximum absolute atomic E-state index is 5.89. The molecule has 0 fully saturated rings. The Labute approximate surface area is 128 Å². The van der Waals surface area contributed by atoms with Gasteiger partial charge in [0.1, 0.15) is 12.4 Å². The third kappa shape index (κ3) is 2.31. The highest BCUT2D eigenvalue weighted by Gasteiger charge is 2.22. The Morgan fingerprint density at radius 3 is 2.70 bits per heavy atom. The van der Waals surface area contributed by atoms with Crippen molar-refractivity contribution < 1.29 is 4.74 Å². The third-order valence-electron chi connectivity index (χ3n) is 4.15. The SMILES string of the molecule is Cc1ccc(C2COc3ccc(Br)cc3N2)c(C)c1C. The van der Waals surface area contributed by atoms with Crippen LogP contribution in [0, 0.1) is 20.8 Å². The molecule has 3 heteroatoms. The number of anilines is 1. The predicted octanol–water partition coefficient (Wildman–Crippen LogP) is 4.92. The van der Waals surface area contributed by atoms with Gasteiger partial charge in [-0.25, -0.2) is 0 Å². The lowest BCUT2D eigenvalue weighted by molar-refractivity contribution is 0.286. The van der Waals surface area contributed by atoms with Crippen LogP contribution in [0.15, 0.2) is 34.8 Å². The number of halogens is 1. The summed E-state index contributed by atoms with van der Waals surface area (Å²) in [6, 6.07) is 10.7. The molecule has 2 aromatic carbocycles. The fraction of sp³-hybridized carbons (Fsp3) is 0.294. The number of aryl methyl sites for hydroxylation is 1. The van der Waals surface area contributed by atoms with Crippen LogP contribution in [0.1, 0.15) is 28.3 Å². The normalized spacial score (nSPS) is 17.1. The van der Waals surface area contributed by atoms with E-state index in [9.17, 15) is 0 Å². The summed E-state index contributed by atoms with van der Waals surface area (Å²) in [7, 11) is 0. The molecule has 104 valence electrons. The highest BCUT2D eigenvalue weighted by molar-refractivity contribution is 9.10. The van der Waals surface area contributed by atoms with Crippen molar-refractivity contribution in [2.45, 2.75) is 26.8 Å². The van der Waals surface area contributed by atoms with Gasteiger partial charge >= 0.3 is 0 Å². The summed E-state index contributed by atoms with van der Waals surface area (Å²) in [5.41, 5.74) is 6.42. The van der Waals surface area contributed by atoms with Crippen molar-refractivity contribution in [1.82, 2.24) is 0 Å².